The number of halogens is 1. The van der Waals surface area contributed by atoms with Crippen LogP contribution in [-0.4, -0.2) is 71.7 Å². The van der Waals surface area contributed by atoms with E-state index in [1.54, 1.807) is 16.0 Å². The van der Waals surface area contributed by atoms with Crippen molar-refractivity contribution in [2.75, 3.05) is 43.1 Å². The molecular formula is C28H33ClN4O4. The minimum Gasteiger partial charge on any atom is -0.491 e. The van der Waals surface area contributed by atoms with Crippen LogP contribution in [0.25, 0.3) is 0 Å². The van der Waals surface area contributed by atoms with Crippen LogP contribution < -0.4 is 14.5 Å². The van der Waals surface area contributed by atoms with Gasteiger partial charge in [0.25, 0.3) is 0 Å². The lowest BCUT2D eigenvalue weighted by Crippen LogP contribution is -2.57. The van der Waals surface area contributed by atoms with Crippen LogP contribution in [0, 0.1) is 0 Å². The maximum atomic E-state index is 13.2. The fourth-order valence-corrected chi connectivity index (χ4v) is 6.79. The summed E-state index contributed by atoms with van der Waals surface area (Å²) >= 11 is 6.28. The molecule has 4 aliphatic rings. The van der Waals surface area contributed by atoms with Crippen molar-refractivity contribution in [1.29, 1.82) is 0 Å². The van der Waals surface area contributed by atoms with Gasteiger partial charge in [0.2, 0.25) is 11.8 Å². The van der Waals surface area contributed by atoms with E-state index in [-0.39, 0.29) is 17.9 Å². The van der Waals surface area contributed by atoms with Crippen molar-refractivity contribution in [2.24, 2.45) is 0 Å². The first-order chi connectivity index (χ1) is 17.7. The Labute approximate surface area is 222 Å². The summed E-state index contributed by atoms with van der Waals surface area (Å²) < 4.78 is 6.06. The molecule has 0 unspecified atom stereocenters. The largest absolute Gasteiger partial charge is 0.491 e. The predicted molar refractivity (Wildman–Crippen MR) is 141 cm³/mol. The molecule has 1 aromatic heterocycles. The van der Waals surface area contributed by atoms with Crippen molar-refractivity contribution in [3.63, 3.8) is 0 Å². The third-order valence-corrected chi connectivity index (χ3v) is 8.91. The molecule has 0 atom stereocenters. The second-order valence-electron chi connectivity index (χ2n) is 11.3. The maximum Gasteiger partial charge on any atom is 0.237 e. The lowest BCUT2D eigenvalue weighted by Gasteiger charge is -2.47. The Bertz CT molecular complexity index is 1250. The Hall–Kier alpha value is -2.68. The summed E-state index contributed by atoms with van der Waals surface area (Å²) in [6.45, 7) is 4.74. The molecule has 1 N–H and O–H groups in total. The van der Waals surface area contributed by atoms with Crippen LogP contribution in [0.4, 0.5) is 11.5 Å². The number of hydrogen-bond acceptors (Lipinski definition) is 6. The molecule has 6 rings (SSSR count). The maximum absolute atomic E-state index is 13.2. The minimum absolute atomic E-state index is 0.0118. The number of nitrogens with zero attached hydrogens (tertiary/aromatic N) is 4. The van der Waals surface area contributed by atoms with Gasteiger partial charge in [-0.2, -0.15) is 0 Å². The molecule has 0 bridgehead atoms. The van der Waals surface area contributed by atoms with E-state index in [1.165, 1.54) is 0 Å². The molecule has 2 amide bonds. The summed E-state index contributed by atoms with van der Waals surface area (Å²) in [6.07, 6.45) is 5.49. The average molecular weight is 525 g/mol. The third-order valence-electron chi connectivity index (χ3n) is 8.67. The number of anilines is 2. The van der Waals surface area contributed by atoms with Crippen molar-refractivity contribution in [2.45, 2.75) is 62.5 Å². The number of piperidine rings is 1. The highest BCUT2D eigenvalue weighted by molar-refractivity contribution is 6.31. The standard InChI is InChI=1S/C28H33ClN4O4/c1-27(36)15-20(16-27)33-24(34)6-3-18-13-21(17-30-25(18)33)37-12-11-32-9-7-28(8-10-32)22-14-19(29)4-5-23(22)31(2)26(28)35/h4-5,13-14,17,20,36H,3,6-12,15-16H2,1-2H3. The van der Waals surface area contributed by atoms with Crippen molar-refractivity contribution < 1.29 is 19.4 Å². The highest BCUT2D eigenvalue weighted by Gasteiger charge is 2.51. The van der Waals surface area contributed by atoms with Crippen LogP contribution in [0.5, 0.6) is 5.75 Å². The van der Waals surface area contributed by atoms with Crippen LogP contribution in [0.3, 0.4) is 0 Å². The molecule has 2 aromatic rings. The number of rotatable bonds is 5. The van der Waals surface area contributed by atoms with Gasteiger partial charge in [-0.05, 0) is 87.5 Å². The minimum atomic E-state index is -0.697. The van der Waals surface area contributed by atoms with Gasteiger partial charge in [-0.15, -0.1) is 0 Å². The SMILES string of the molecule is CN1C(=O)C2(CCN(CCOc3cnc4c(c3)CCC(=O)N4C3CC(C)(O)C3)CC2)c2cc(Cl)ccc21. The zero-order valence-corrected chi connectivity index (χ0v) is 22.1. The molecule has 37 heavy (non-hydrogen) atoms. The van der Waals surface area contributed by atoms with E-state index in [1.807, 2.05) is 38.2 Å². The van der Waals surface area contributed by atoms with Crippen molar-refractivity contribution >= 4 is 34.9 Å². The summed E-state index contributed by atoms with van der Waals surface area (Å²) in [5, 5.41) is 10.8. The molecule has 1 spiro atoms. The number of carbonyl (C=O) groups is 2. The van der Waals surface area contributed by atoms with Gasteiger partial charge in [0.05, 0.1) is 17.2 Å². The molecule has 8 nitrogen and oxygen atoms in total. The number of likely N-dealkylation sites (N-methyl/N-ethyl adjacent to an activating group) is 1. The van der Waals surface area contributed by atoms with Crippen LogP contribution in [0.15, 0.2) is 30.5 Å². The van der Waals surface area contributed by atoms with E-state index in [0.717, 1.165) is 49.3 Å². The van der Waals surface area contributed by atoms with Gasteiger partial charge in [0.1, 0.15) is 18.2 Å². The van der Waals surface area contributed by atoms with E-state index in [9.17, 15) is 14.7 Å². The fraction of sp³-hybridized carbons (Fsp3) is 0.536. The third kappa shape index (κ3) is 4.19. The molecule has 3 aliphatic heterocycles. The zero-order valence-electron chi connectivity index (χ0n) is 21.4. The number of benzene rings is 1. The second-order valence-corrected chi connectivity index (χ2v) is 11.7. The van der Waals surface area contributed by atoms with Gasteiger partial charge in [-0.1, -0.05) is 11.6 Å². The van der Waals surface area contributed by atoms with E-state index in [4.69, 9.17) is 16.3 Å². The molecule has 0 radical (unpaired) electrons. The first-order valence-electron chi connectivity index (χ1n) is 13.1. The molecular weight excluding hydrogens is 492 g/mol. The topological polar surface area (TPSA) is 86.2 Å². The summed E-state index contributed by atoms with van der Waals surface area (Å²) in [6, 6.07) is 7.76. The number of amides is 2. The van der Waals surface area contributed by atoms with Crippen molar-refractivity contribution in [1.82, 2.24) is 9.88 Å². The molecule has 4 heterocycles. The van der Waals surface area contributed by atoms with Crippen molar-refractivity contribution in [3.05, 3.63) is 46.6 Å². The zero-order chi connectivity index (χ0) is 25.9. The molecule has 1 saturated heterocycles. The Kier molecular flexibility index (Phi) is 5.97. The summed E-state index contributed by atoms with van der Waals surface area (Å²) in [5.74, 6) is 1.66. The van der Waals surface area contributed by atoms with Gasteiger partial charge in [0.15, 0.2) is 0 Å². The lowest BCUT2D eigenvalue weighted by atomic mass is 9.73. The van der Waals surface area contributed by atoms with E-state index >= 15 is 0 Å². The van der Waals surface area contributed by atoms with E-state index in [2.05, 4.69) is 9.88 Å². The molecule has 1 saturated carbocycles. The van der Waals surface area contributed by atoms with E-state index < -0.39 is 11.0 Å². The predicted octanol–water partition coefficient (Wildman–Crippen LogP) is 3.32. The molecule has 196 valence electrons. The summed E-state index contributed by atoms with van der Waals surface area (Å²) in [4.78, 5) is 36.3. The molecule has 2 fully saturated rings. The van der Waals surface area contributed by atoms with Gasteiger partial charge >= 0.3 is 0 Å². The Morgan fingerprint density at radius 2 is 1.92 bits per heavy atom. The number of carbonyl (C=O) groups excluding carboxylic acids is 2. The van der Waals surface area contributed by atoms with Crippen molar-refractivity contribution in [3.8, 4) is 5.75 Å². The van der Waals surface area contributed by atoms with Crippen LogP contribution >= 0.6 is 11.6 Å². The lowest BCUT2D eigenvalue weighted by molar-refractivity contribution is -0.124. The van der Waals surface area contributed by atoms with Gasteiger partial charge in [-0.3, -0.25) is 19.4 Å². The Morgan fingerprint density at radius 3 is 2.65 bits per heavy atom. The smallest absolute Gasteiger partial charge is 0.237 e. The fourth-order valence-electron chi connectivity index (χ4n) is 6.62. The summed E-state index contributed by atoms with van der Waals surface area (Å²) in [5.41, 5.74) is 1.86. The Balaban J connectivity index is 1.06. The number of hydrogen-bond donors (Lipinski definition) is 1. The van der Waals surface area contributed by atoms with Gasteiger partial charge < -0.3 is 14.7 Å². The first kappa shape index (κ1) is 24.6. The Morgan fingerprint density at radius 1 is 1.16 bits per heavy atom. The summed E-state index contributed by atoms with van der Waals surface area (Å²) in [7, 11) is 1.85. The number of ether oxygens (including phenoxy) is 1. The number of pyridine rings is 1. The monoisotopic (exact) mass is 524 g/mol. The van der Waals surface area contributed by atoms with Crippen LogP contribution in [0.1, 0.15) is 50.2 Å². The van der Waals surface area contributed by atoms with Gasteiger partial charge in [0, 0.05) is 36.8 Å². The highest BCUT2D eigenvalue weighted by atomic mass is 35.5. The quantitative estimate of drug-likeness (QED) is 0.646. The average Bonchev–Trinajstić information content (AvgIpc) is 3.05. The molecule has 1 aromatic carbocycles. The molecule has 1 aliphatic carbocycles. The highest BCUT2D eigenvalue weighted by Crippen LogP contribution is 2.48. The number of fused-ring (bicyclic) bond motifs is 3. The number of aliphatic hydroxyl groups is 1. The first-order valence-corrected chi connectivity index (χ1v) is 13.5. The number of likely N-dealkylation sites (tertiary alicyclic amines) is 1. The number of aryl methyl sites for hydroxylation is 1. The molecule has 9 heteroatoms. The normalized spacial score (nSPS) is 26.8. The van der Waals surface area contributed by atoms with E-state index in [0.29, 0.717) is 48.9 Å². The van der Waals surface area contributed by atoms with Crippen LogP contribution in [0.2, 0.25) is 5.02 Å². The second kappa shape index (κ2) is 8.96. The number of aromatic nitrogens is 1. The van der Waals surface area contributed by atoms with Gasteiger partial charge in [-0.25, -0.2) is 4.98 Å². The van der Waals surface area contributed by atoms with Crippen LogP contribution in [-0.2, 0) is 21.4 Å².